The van der Waals surface area contributed by atoms with Gasteiger partial charge in [-0.3, -0.25) is 0 Å². The highest BCUT2D eigenvalue weighted by Crippen LogP contribution is 2.08. The Morgan fingerprint density at radius 2 is 2.43 bits per heavy atom. The zero-order valence-corrected chi connectivity index (χ0v) is 8.19. The van der Waals surface area contributed by atoms with E-state index in [4.69, 9.17) is 4.52 Å². The number of nitrogens with one attached hydrogen (secondary N) is 1. The van der Waals surface area contributed by atoms with E-state index in [1.807, 2.05) is 30.8 Å². The van der Waals surface area contributed by atoms with E-state index in [-0.39, 0.29) is 0 Å². The van der Waals surface area contributed by atoms with Gasteiger partial charge in [-0.1, -0.05) is 5.16 Å². The summed E-state index contributed by atoms with van der Waals surface area (Å²) in [6.45, 7) is 2.51. The summed E-state index contributed by atoms with van der Waals surface area (Å²) >= 11 is 0. The molecule has 5 nitrogen and oxygen atoms in total. The molecule has 0 spiro atoms. The molecule has 0 aliphatic carbocycles. The van der Waals surface area contributed by atoms with E-state index in [2.05, 4.69) is 15.5 Å². The first-order chi connectivity index (χ1) is 6.75. The lowest BCUT2D eigenvalue weighted by atomic mass is 10.5. The number of aromatic nitrogens is 3. The van der Waals surface area contributed by atoms with Gasteiger partial charge < -0.3 is 14.4 Å². The molecule has 0 aliphatic heterocycles. The van der Waals surface area contributed by atoms with Gasteiger partial charge in [0.2, 0.25) is 0 Å². The Kier molecular flexibility index (Phi) is 2.22. The van der Waals surface area contributed by atoms with Crippen molar-refractivity contribution in [1.82, 2.24) is 14.7 Å². The van der Waals surface area contributed by atoms with Gasteiger partial charge in [-0.25, -0.2) is 4.98 Å². The Hall–Kier alpha value is -1.78. The monoisotopic (exact) mass is 192 g/mol. The summed E-state index contributed by atoms with van der Waals surface area (Å²) in [5.74, 6) is 2.50. The van der Waals surface area contributed by atoms with Crippen LogP contribution in [0.4, 0.5) is 5.82 Å². The molecule has 0 saturated carbocycles. The summed E-state index contributed by atoms with van der Waals surface area (Å²) in [6, 6.07) is 1.85. The first kappa shape index (κ1) is 8.80. The summed E-state index contributed by atoms with van der Waals surface area (Å²) in [5.41, 5.74) is 0. The van der Waals surface area contributed by atoms with Crippen LogP contribution in [-0.4, -0.2) is 14.7 Å². The summed E-state index contributed by atoms with van der Waals surface area (Å²) < 4.78 is 6.88. The first-order valence-corrected chi connectivity index (χ1v) is 4.39. The van der Waals surface area contributed by atoms with Crippen LogP contribution < -0.4 is 5.32 Å². The molecular weight excluding hydrogens is 180 g/mol. The molecule has 1 N–H and O–H groups in total. The normalized spacial score (nSPS) is 10.4. The van der Waals surface area contributed by atoms with Gasteiger partial charge in [0, 0.05) is 25.5 Å². The fourth-order valence-electron chi connectivity index (χ4n) is 1.19. The van der Waals surface area contributed by atoms with Gasteiger partial charge in [0.15, 0.2) is 5.82 Å². The largest absolute Gasteiger partial charge is 0.360 e. The van der Waals surface area contributed by atoms with E-state index >= 15 is 0 Å². The van der Waals surface area contributed by atoms with Gasteiger partial charge in [0.05, 0.1) is 6.54 Å². The minimum absolute atomic E-state index is 0.648. The third-order valence-corrected chi connectivity index (χ3v) is 1.98. The highest BCUT2D eigenvalue weighted by molar-refractivity contribution is 5.33. The molecule has 0 fully saturated rings. The van der Waals surface area contributed by atoms with Gasteiger partial charge in [0.25, 0.3) is 0 Å². The molecule has 0 aromatic carbocycles. The molecule has 0 atom stereocenters. The van der Waals surface area contributed by atoms with Crippen LogP contribution in [0.1, 0.15) is 11.6 Å². The zero-order valence-electron chi connectivity index (χ0n) is 8.19. The van der Waals surface area contributed by atoms with Gasteiger partial charge in [-0.05, 0) is 6.92 Å². The number of anilines is 1. The molecule has 2 heterocycles. The number of hydrogen-bond donors (Lipinski definition) is 1. The van der Waals surface area contributed by atoms with E-state index in [1.54, 1.807) is 6.20 Å². The Morgan fingerprint density at radius 1 is 1.57 bits per heavy atom. The van der Waals surface area contributed by atoms with Gasteiger partial charge in [-0.15, -0.1) is 0 Å². The Morgan fingerprint density at radius 3 is 3.00 bits per heavy atom. The Labute approximate surface area is 81.7 Å². The smallest absolute Gasteiger partial charge is 0.169 e. The number of hydrogen-bond acceptors (Lipinski definition) is 4. The van der Waals surface area contributed by atoms with Crippen LogP contribution in [0.25, 0.3) is 0 Å². The maximum absolute atomic E-state index is 4.92. The minimum Gasteiger partial charge on any atom is -0.360 e. The van der Waals surface area contributed by atoms with Crippen LogP contribution in [0.3, 0.4) is 0 Å². The SMILES string of the molecule is Cc1cc(NCc2nccn2C)no1. The molecule has 0 radical (unpaired) electrons. The number of aryl methyl sites for hydroxylation is 2. The third kappa shape index (κ3) is 1.76. The van der Waals surface area contributed by atoms with Crippen LogP contribution >= 0.6 is 0 Å². The van der Waals surface area contributed by atoms with Crippen molar-refractivity contribution in [2.45, 2.75) is 13.5 Å². The van der Waals surface area contributed by atoms with Crippen LogP contribution in [-0.2, 0) is 13.6 Å². The predicted molar refractivity (Wildman–Crippen MR) is 51.8 cm³/mol. The highest BCUT2D eigenvalue weighted by Gasteiger charge is 2.01. The van der Waals surface area contributed by atoms with Crippen LogP contribution in [0.5, 0.6) is 0 Å². The van der Waals surface area contributed by atoms with Crippen molar-refractivity contribution in [3.8, 4) is 0 Å². The maximum atomic E-state index is 4.92. The lowest BCUT2D eigenvalue weighted by Gasteiger charge is -2.01. The molecule has 2 aromatic heterocycles. The van der Waals surface area contributed by atoms with Crippen molar-refractivity contribution in [2.75, 3.05) is 5.32 Å². The lowest BCUT2D eigenvalue weighted by Crippen LogP contribution is -2.05. The average Bonchev–Trinajstić information content (AvgIpc) is 2.72. The summed E-state index contributed by atoms with van der Waals surface area (Å²) in [4.78, 5) is 4.18. The van der Waals surface area contributed by atoms with Crippen molar-refractivity contribution in [1.29, 1.82) is 0 Å². The molecule has 0 unspecified atom stereocenters. The van der Waals surface area contributed by atoms with Crippen molar-refractivity contribution >= 4 is 5.82 Å². The highest BCUT2D eigenvalue weighted by atomic mass is 16.5. The second kappa shape index (κ2) is 3.53. The fourth-order valence-corrected chi connectivity index (χ4v) is 1.19. The minimum atomic E-state index is 0.648. The second-order valence-corrected chi connectivity index (χ2v) is 3.13. The van der Waals surface area contributed by atoms with Crippen molar-refractivity contribution < 1.29 is 4.52 Å². The van der Waals surface area contributed by atoms with E-state index in [1.165, 1.54) is 0 Å². The molecule has 0 saturated heterocycles. The van der Waals surface area contributed by atoms with E-state index in [9.17, 15) is 0 Å². The van der Waals surface area contributed by atoms with E-state index < -0.39 is 0 Å². The molecule has 0 amide bonds. The molecular formula is C9H12N4O. The molecule has 74 valence electrons. The molecule has 2 rings (SSSR count). The second-order valence-electron chi connectivity index (χ2n) is 3.13. The molecule has 14 heavy (non-hydrogen) atoms. The van der Waals surface area contributed by atoms with Crippen LogP contribution in [0, 0.1) is 6.92 Å². The molecule has 5 heteroatoms. The van der Waals surface area contributed by atoms with Crippen molar-refractivity contribution in [3.05, 3.63) is 30.0 Å². The van der Waals surface area contributed by atoms with E-state index in [0.29, 0.717) is 6.54 Å². The third-order valence-electron chi connectivity index (χ3n) is 1.98. The quantitative estimate of drug-likeness (QED) is 0.797. The van der Waals surface area contributed by atoms with Crippen molar-refractivity contribution in [3.63, 3.8) is 0 Å². The molecule has 0 bridgehead atoms. The van der Waals surface area contributed by atoms with Gasteiger partial charge in [0.1, 0.15) is 11.6 Å². The number of imidazole rings is 1. The van der Waals surface area contributed by atoms with Gasteiger partial charge in [-0.2, -0.15) is 0 Å². The van der Waals surface area contributed by atoms with Crippen LogP contribution in [0.2, 0.25) is 0 Å². The van der Waals surface area contributed by atoms with E-state index in [0.717, 1.165) is 17.4 Å². The van der Waals surface area contributed by atoms with Gasteiger partial charge >= 0.3 is 0 Å². The summed E-state index contributed by atoms with van der Waals surface area (Å²) in [6.07, 6.45) is 3.68. The van der Waals surface area contributed by atoms with Crippen LogP contribution in [0.15, 0.2) is 23.0 Å². The zero-order chi connectivity index (χ0) is 9.97. The first-order valence-electron chi connectivity index (χ1n) is 4.39. The molecule has 0 aliphatic rings. The maximum Gasteiger partial charge on any atom is 0.169 e. The number of rotatable bonds is 3. The Balaban J connectivity index is 1.98. The standard InChI is InChI=1S/C9H12N4O/c1-7-5-8(12-14-7)11-6-9-10-3-4-13(9)2/h3-5H,6H2,1-2H3,(H,11,12). The van der Waals surface area contributed by atoms with Crippen molar-refractivity contribution in [2.24, 2.45) is 7.05 Å². The topological polar surface area (TPSA) is 55.9 Å². The average molecular weight is 192 g/mol. The summed E-state index contributed by atoms with van der Waals surface area (Å²) in [7, 11) is 1.96. The molecule has 2 aromatic rings. The Bertz CT molecular complexity index is 418. The lowest BCUT2D eigenvalue weighted by molar-refractivity contribution is 0.399. The fraction of sp³-hybridized carbons (Fsp3) is 0.333. The summed E-state index contributed by atoms with van der Waals surface area (Å²) in [5, 5.41) is 6.94. The predicted octanol–water partition coefficient (Wildman–Crippen LogP) is 1.33. The number of nitrogens with zero attached hydrogens (tertiary/aromatic N) is 3.